The second kappa shape index (κ2) is 4.43. The molecule has 0 bridgehead atoms. The molecule has 0 amide bonds. The van der Waals surface area contributed by atoms with Crippen LogP contribution in [0.1, 0.15) is 5.56 Å². The van der Waals surface area contributed by atoms with Crippen LogP contribution in [0, 0.1) is 0 Å². The first-order valence-corrected chi connectivity index (χ1v) is 4.43. The smallest absolute Gasteiger partial charge is 0.200 e. The predicted octanol–water partition coefficient (Wildman–Crippen LogP) is 5.18. The molecule has 1 aromatic rings. The summed E-state index contributed by atoms with van der Waals surface area (Å²) < 4.78 is 36.6. The Hall–Kier alpha value is -0.380. The van der Waals surface area contributed by atoms with Gasteiger partial charge in [-0.05, 0) is 12.1 Å². The lowest BCUT2D eigenvalue weighted by atomic mass is 10.2. The maximum absolute atomic E-state index is 12.8. The van der Waals surface area contributed by atoms with Gasteiger partial charge in [0.15, 0.2) is 5.83 Å². The van der Waals surface area contributed by atoms with Crippen LogP contribution in [0.5, 0.6) is 0 Å². The quantitative estimate of drug-likeness (QED) is 0.611. The van der Waals surface area contributed by atoms with Crippen molar-refractivity contribution in [3.8, 4) is 0 Å². The SMILES string of the molecule is FC(F)=C(F)c1ccc(Cl)c(Cl)c1Cl. The molecule has 0 N–H and O–H groups in total. The van der Waals surface area contributed by atoms with Crippen molar-refractivity contribution >= 4 is 40.6 Å². The van der Waals surface area contributed by atoms with E-state index in [1.165, 1.54) is 6.07 Å². The molecular formula is C8H2Cl3F3. The van der Waals surface area contributed by atoms with Crippen LogP contribution >= 0.6 is 34.8 Å². The average molecular weight is 261 g/mol. The van der Waals surface area contributed by atoms with Gasteiger partial charge in [0.25, 0.3) is 0 Å². The third-order valence-electron chi connectivity index (χ3n) is 1.44. The normalized spacial score (nSPS) is 10.1. The van der Waals surface area contributed by atoms with Gasteiger partial charge in [-0.15, -0.1) is 0 Å². The van der Waals surface area contributed by atoms with Crippen LogP contribution < -0.4 is 0 Å². The Morgan fingerprint density at radius 3 is 2.00 bits per heavy atom. The highest BCUT2D eigenvalue weighted by atomic mass is 35.5. The lowest BCUT2D eigenvalue weighted by molar-refractivity contribution is 0.410. The Labute approximate surface area is 92.9 Å². The maximum atomic E-state index is 12.8. The Morgan fingerprint density at radius 2 is 1.50 bits per heavy atom. The van der Waals surface area contributed by atoms with E-state index in [-0.39, 0.29) is 15.1 Å². The summed E-state index contributed by atoms with van der Waals surface area (Å²) in [6.45, 7) is 0. The van der Waals surface area contributed by atoms with Crippen LogP contribution in [0.25, 0.3) is 5.83 Å². The highest BCUT2D eigenvalue weighted by Crippen LogP contribution is 2.37. The van der Waals surface area contributed by atoms with Crippen molar-refractivity contribution in [3.05, 3.63) is 38.8 Å². The molecule has 76 valence electrons. The topological polar surface area (TPSA) is 0 Å². The van der Waals surface area contributed by atoms with Gasteiger partial charge < -0.3 is 0 Å². The van der Waals surface area contributed by atoms with Gasteiger partial charge in [0.2, 0.25) is 0 Å². The Balaban J connectivity index is 3.39. The van der Waals surface area contributed by atoms with Crippen molar-refractivity contribution in [2.75, 3.05) is 0 Å². The molecule has 0 unspecified atom stereocenters. The molecule has 0 aliphatic heterocycles. The predicted molar refractivity (Wildman–Crippen MR) is 51.7 cm³/mol. The first-order valence-electron chi connectivity index (χ1n) is 3.29. The molecule has 6 heteroatoms. The van der Waals surface area contributed by atoms with Gasteiger partial charge in [-0.1, -0.05) is 34.8 Å². The van der Waals surface area contributed by atoms with Crippen molar-refractivity contribution in [2.45, 2.75) is 0 Å². The van der Waals surface area contributed by atoms with E-state index in [0.717, 1.165) is 6.07 Å². The molecule has 0 aromatic heterocycles. The fourth-order valence-corrected chi connectivity index (χ4v) is 1.42. The molecule has 0 aliphatic rings. The highest BCUT2D eigenvalue weighted by Gasteiger charge is 2.16. The summed E-state index contributed by atoms with van der Waals surface area (Å²) in [7, 11) is 0. The molecule has 0 nitrogen and oxygen atoms in total. The van der Waals surface area contributed by atoms with E-state index in [2.05, 4.69) is 0 Å². The summed E-state index contributed by atoms with van der Waals surface area (Å²) in [4.78, 5) is 0. The minimum Gasteiger partial charge on any atom is -0.200 e. The first-order chi connectivity index (χ1) is 6.45. The Morgan fingerprint density at radius 1 is 0.929 bits per heavy atom. The molecule has 0 fully saturated rings. The summed E-state index contributed by atoms with van der Waals surface area (Å²) in [5, 5.41) is -0.404. The summed E-state index contributed by atoms with van der Waals surface area (Å²) in [5.41, 5.74) is -0.471. The second-order valence-electron chi connectivity index (χ2n) is 2.30. The minimum atomic E-state index is -2.45. The van der Waals surface area contributed by atoms with Crippen LogP contribution in [0.3, 0.4) is 0 Å². The zero-order valence-electron chi connectivity index (χ0n) is 6.42. The minimum absolute atomic E-state index is 0.0764. The first kappa shape index (κ1) is 11.7. The number of hydrogen-bond donors (Lipinski definition) is 0. The van der Waals surface area contributed by atoms with Gasteiger partial charge >= 0.3 is 6.08 Å². The monoisotopic (exact) mass is 260 g/mol. The van der Waals surface area contributed by atoms with Crippen molar-refractivity contribution in [2.24, 2.45) is 0 Å². The number of benzene rings is 1. The summed E-state index contributed by atoms with van der Waals surface area (Å²) in [6, 6.07) is 2.22. The van der Waals surface area contributed by atoms with Crippen LogP contribution in [-0.2, 0) is 0 Å². The van der Waals surface area contributed by atoms with Gasteiger partial charge in [-0.25, -0.2) is 4.39 Å². The third kappa shape index (κ3) is 2.16. The molecule has 0 radical (unpaired) electrons. The van der Waals surface area contributed by atoms with Crippen LogP contribution in [0.15, 0.2) is 18.2 Å². The zero-order chi connectivity index (χ0) is 10.9. The zero-order valence-corrected chi connectivity index (χ0v) is 8.69. The van der Waals surface area contributed by atoms with Gasteiger partial charge in [0, 0.05) is 5.56 Å². The van der Waals surface area contributed by atoms with Crippen LogP contribution in [0.4, 0.5) is 13.2 Å². The lowest BCUT2D eigenvalue weighted by Crippen LogP contribution is -1.84. The molecule has 0 saturated heterocycles. The second-order valence-corrected chi connectivity index (χ2v) is 3.46. The molecule has 0 heterocycles. The van der Waals surface area contributed by atoms with E-state index in [0.29, 0.717) is 0 Å². The van der Waals surface area contributed by atoms with E-state index >= 15 is 0 Å². The number of halogens is 6. The van der Waals surface area contributed by atoms with Crippen molar-refractivity contribution in [1.29, 1.82) is 0 Å². The van der Waals surface area contributed by atoms with E-state index in [4.69, 9.17) is 34.8 Å². The van der Waals surface area contributed by atoms with Crippen LogP contribution in [-0.4, -0.2) is 0 Å². The van der Waals surface area contributed by atoms with E-state index in [9.17, 15) is 13.2 Å². The van der Waals surface area contributed by atoms with Gasteiger partial charge in [0.05, 0.1) is 15.1 Å². The molecule has 0 atom stereocenters. The van der Waals surface area contributed by atoms with E-state index in [1.54, 1.807) is 0 Å². The fourth-order valence-electron chi connectivity index (χ4n) is 0.797. The van der Waals surface area contributed by atoms with Gasteiger partial charge in [0.1, 0.15) is 0 Å². The van der Waals surface area contributed by atoms with Crippen molar-refractivity contribution in [3.63, 3.8) is 0 Å². The molecule has 1 aromatic carbocycles. The largest absolute Gasteiger partial charge is 0.306 e. The molecular weight excluding hydrogens is 259 g/mol. The summed E-state index contributed by atoms with van der Waals surface area (Å²) >= 11 is 16.6. The molecule has 0 aliphatic carbocycles. The van der Waals surface area contributed by atoms with E-state index in [1.807, 2.05) is 0 Å². The molecule has 14 heavy (non-hydrogen) atoms. The third-order valence-corrected chi connectivity index (χ3v) is 2.73. The van der Waals surface area contributed by atoms with Gasteiger partial charge in [-0.3, -0.25) is 0 Å². The standard InChI is InChI=1S/C8H2Cl3F3/c9-4-2-1-3(5(10)6(4)11)7(12)8(13)14/h1-2H. The number of hydrogen-bond acceptors (Lipinski definition) is 0. The number of rotatable bonds is 1. The lowest BCUT2D eigenvalue weighted by Gasteiger charge is -2.03. The maximum Gasteiger partial charge on any atom is 0.306 e. The Bertz CT molecular complexity index is 397. The van der Waals surface area contributed by atoms with Crippen molar-refractivity contribution in [1.82, 2.24) is 0 Å². The average Bonchev–Trinajstić information content (AvgIpc) is 2.13. The van der Waals surface area contributed by atoms with Gasteiger partial charge in [-0.2, -0.15) is 8.78 Å². The molecule has 0 saturated carbocycles. The van der Waals surface area contributed by atoms with Crippen molar-refractivity contribution < 1.29 is 13.2 Å². The fraction of sp³-hybridized carbons (Fsp3) is 0. The molecule has 1 rings (SSSR count). The summed E-state index contributed by atoms with van der Waals surface area (Å²) in [5.74, 6) is -1.70. The highest BCUT2D eigenvalue weighted by molar-refractivity contribution is 6.48. The molecule has 0 spiro atoms. The Kier molecular flexibility index (Phi) is 3.70. The summed E-state index contributed by atoms with van der Waals surface area (Å²) in [6.07, 6.45) is -2.45. The van der Waals surface area contributed by atoms with Crippen LogP contribution in [0.2, 0.25) is 15.1 Å². The van der Waals surface area contributed by atoms with E-state index < -0.39 is 17.5 Å².